The van der Waals surface area contributed by atoms with Crippen LogP contribution in [0.5, 0.6) is 5.88 Å². The van der Waals surface area contributed by atoms with E-state index in [2.05, 4.69) is 15.6 Å². The maximum Gasteiger partial charge on any atom is 0.403 e. The molecule has 3 fully saturated rings. The number of nitrogens with one attached hydrogen (secondary N) is 2. The molecule has 0 spiro atoms. The highest BCUT2D eigenvalue weighted by molar-refractivity contribution is 5.98. The van der Waals surface area contributed by atoms with Crippen LogP contribution in [0.15, 0.2) is 30.5 Å². The van der Waals surface area contributed by atoms with Gasteiger partial charge in [0.25, 0.3) is 5.91 Å². The van der Waals surface area contributed by atoms with Gasteiger partial charge in [0.05, 0.1) is 23.6 Å². The molecule has 3 aliphatic rings. The number of ether oxygens (including phenoxy) is 1. The molecule has 0 aromatic carbocycles. The van der Waals surface area contributed by atoms with Gasteiger partial charge in [-0.3, -0.25) is 9.59 Å². The van der Waals surface area contributed by atoms with E-state index in [1.807, 2.05) is 30.9 Å². The zero-order valence-corrected chi connectivity index (χ0v) is 24.2. The summed E-state index contributed by atoms with van der Waals surface area (Å²) in [5.74, 6) is -0.739. The minimum Gasteiger partial charge on any atom is -0.477 e. The molecule has 2 aliphatic heterocycles. The van der Waals surface area contributed by atoms with Crippen molar-refractivity contribution in [1.82, 2.24) is 25.5 Å². The SMILES string of the molecule is CCOc1ncccc1-c1ccc(N2CCN(C(=O)C3(C(F)(F)F)CCCC3)C[C@H]2CC)c(C(=O)NC[C@@H]2CCN2)n1. The van der Waals surface area contributed by atoms with Gasteiger partial charge in [-0.2, -0.15) is 13.2 Å². The number of hydrogen-bond acceptors (Lipinski definition) is 7. The lowest BCUT2D eigenvalue weighted by molar-refractivity contribution is -0.226. The Morgan fingerprint density at radius 1 is 1.17 bits per heavy atom. The van der Waals surface area contributed by atoms with Gasteiger partial charge in [0.15, 0.2) is 5.69 Å². The van der Waals surface area contributed by atoms with E-state index < -0.39 is 17.5 Å². The molecule has 0 radical (unpaired) electrons. The second-order valence-corrected chi connectivity index (χ2v) is 11.3. The van der Waals surface area contributed by atoms with Crippen LogP contribution < -0.4 is 20.3 Å². The first-order valence-corrected chi connectivity index (χ1v) is 14.9. The van der Waals surface area contributed by atoms with Gasteiger partial charge in [0.2, 0.25) is 11.8 Å². The van der Waals surface area contributed by atoms with E-state index in [1.54, 1.807) is 18.3 Å². The Balaban J connectivity index is 1.44. The number of nitrogens with zero attached hydrogens (tertiary/aromatic N) is 4. The van der Waals surface area contributed by atoms with E-state index in [0.717, 1.165) is 13.0 Å². The summed E-state index contributed by atoms with van der Waals surface area (Å²) in [6.07, 6.45) is -0.911. The summed E-state index contributed by atoms with van der Waals surface area (Å²) in [5, 5.41) is 6.26. The van der Waals surface area contributed by atoms with E-state index in [1.165, 1.54) is 4.90 Å². The van der Waals surface area contributed by atoms with Crippen LogP contribution >= 0.6 is 0 Å². The summed E-state index contributed by atoms with van der Waals surface area (Å²) in [7, 11) is 0. The van der Waals surface area contributed by atoms with Crippen LogP contribution in [-0.2, 0) is 4.79 Å². The highest BCUT2D eigenvalue weighted by Gasteiger charge is 2.62. The fourth-order valence-corrected chi connectivity index (χ4v) is 6.27. The van der Waals surface area contributed by atoms with Crippen LogP contribution in [0.3, 0.4) is 0 Å². The number of halogens is 3. The number of pyridine rings is 2. The zero-order valence-electron chi connectivity index (χ0n) is 24.2. The van der Waals surface area contributed by atoms with Gasteiger partial charge in [-0.15, -0.1) is 0 Å². The summed E-state index contributed by atoms with van der Waals surface area (Å²) in [5.41, 5.74) is -0.308. The van der Waals surface area contributed by atoms with Gasteiger partial charge in [-0.25, -0.2) is 9.97 Å². The molecular weight excluding hydrogens is 549 g/mol. The molecule has 2 aromatic heterocycles. The van der Waals surface area contributed by atoms with Crippen LogP contribution in [0, 0.1) is 5.41 Å². The molecule has 1 aliphatic carbocycles. The lowest BCUT2D eigenvalue weighted by Crippen LogP contribution is -2.60. The van der Waals surface area contributed by atoms with E-state index in [0.29, 0.717) is 61.8 Å². The Bertz CT molecular complexity index is 1280. The number of carbonyl (C=O) groups is 2. The summed E-state index contributed by atoms with van der Waals surface area (Å²) in [6, 6.07) is 7.17. The first-order valence-electron chi connectivity index (χ1n) is 14.9. The number of alkyl halides is 3. The Morgan fingerprint density at radius 2 is 1.93 bits per heavy atom. The monoisotopic (exact) mass is 588 g/mol. The second kappa shape index (κ2) is 12.4. The normalized spacial score (nSPS) is 22.0. The molecule has 2 N–H and O–H groups in total. The zero-order chi connectivity index (χ0) is 29.9. The van der Waals surface area contributed by atoms with Crippen LogP contribution in [0.25, 0.3) is 11.3 Å². The largest absolute Gasteiger partial charge is 0.477 e. The lowest BCUT2D eigenvalue weighted by Gasteiger charge is -2.45. The molecule has 12 heteroatoms. The molecule has 0 bridgehead atoms. The number of anilines is 1. The van der Waals surface area contributed by atoms with Crippen molar-refractivity contribution in [3.05, 3.63) is 36.2 Å². The number of carbonyl (C=O) groups excluding carboxylic acids is 2. The van der Waals surface area contributed by atoms with Gasteiger partial charge >= 0.3 is 6.18 Å². The van der Waals surface area contributed by atoms with Crippen molar-refractivity contribution in [3.8, 4) is 17.1 Å². The van der Waals surface area contributed by atoms with Gasteiger partial charge in [0.1, 0.15) is 5.41 Å². The molecule has 228 valence electrons. The van der Waals surface area contributed by atoms with Crippen molar-refractivity contribution in [2.75, 3.05) is 44.2 Å². The van der Waals surface area contributed by atoms with Gasteiger partial charge < -0.3 is 25.2 Å². The first-order chi connectivity index (χ1) is 20.2. The third-order valence-corrected chi connectivity index (χ3v) is 8.81. The quantitative estimate of drug-likeness (QED) is 0.454. The summed E-state index contributed by atoms with van der Waals surface area (Å²) in [6.45, 7) is 6.17. The van der Waals surface area contributed by atoms with Crippen molar-refractivity contribution in [3.63, 3.8) is 0 Å². The maximum absolute atomic E-state index is 14.2. The smallest absolute Gasteiger partial charge is 0.403 e. The first kappa shape index (κ1) is 30.1. The molecule has 1 saturated carbocycles. The number of hydrogen-bond donors (Lipinski definition) is 2. The topological polar surface area (TPSA) is 99.7 Å². The molecule has 4 heterocycles. The highest BCUT2D eigenvalue weighted by atomic mass is 19.4. The maximum atomic E-state index is 14.2. The number of aromatic nitrogens is 2. The highest BCUT2D eigenvalue weighted by Crippen LogP contribution is 2.52. The number of amides is 2. The van der Waals surface area contributed by atoms with E-state index in [9.17, 15) is 22.8 Å². The minimum absolute atomic E-state index is 0.138. The molecule has 2 atom stereocenters. The Morgan fingerprint density at radius 3 is 2.57 bits per heavy atom. The van der Waals surface area contributed by atoms with Crippen molar-refractivity contribution >= 4 is 17.5 Å². The average molecular weight is 589 g/mol. The van der Waals surface area contributed by atoms with Crippen LogP contribution in [0.2, 0.25) is 0 Å². The third kappa shape index (κ3) is 5.77. The molecular formula is C30H39F3N6O3. The van der Waals surface area contributed by atoms with Crippen molar-refractivity contribution in [2.45, 2.75) is 70.6 Å². The molecule has 0 unspecified atom stereocenters. The Labute approximate surface area is 244 Å². The molecule has 9 nitrogen and oxygen atoms in total. The van der Waals surface area contributed by atoms with Crippen LogP contribution in [0.4, 0.5) is 18.9 Å². The fourth-order valence-electron chi connectivity index (χ4n) is 6.27. The van der Waals surface area contributed by atoms with Crippen molar-refractivity contribution in [1.29, 1.82) is 0 Å². The van der Waals surface area contributed by atoms with Gasteiger partial charge in [-0.1, -0.05) is 19.8 Å². The van der Waals surface area contributed by atoms with E-state index in [-0.39, 0.29) is 49.6 Å². The summed E-state index contributed by atoms with van der Waals surface area (Å²) >= 11 is 0. The van der Waals surface area contributed by atoms with E-state index >= 15 is 0 Å². The standard InChI is InChI=1S/C30H39F3N6O3/c1-3-21-19-38(28(41)29(30(31,32)33)12-5-6-13-29)16-17-39(21)24-10-9-23(22-8-7-14-35-27(22)42-4-2)37-25(24)26(40)36-18-20-11-15-34-20/h7-10,14,20-21,34H,3-6,11-13,15-19H2,1-2H3,(H,36,40)/t20-,21+/m0/s1. The summed E-state index contributed by atoms with van der Waals surface area (Å²) < 4.78 is 48.2. The van der Waals surface area contributed by atoms with Crippen LogP contribution in [0.1, 0.15) is 62.9 Å². The fraction of sp³-hybridized carbons (Fsp3) is 0.600. The van der Waals surface area contributed by atoms with Gasteiger partial charge in [-0.05, 0) is 63.4 Å². The minimum atomic E-state index is -4.58. The molecule has 2 aromatic rings. The van der Waals surface area contributed by atoms with Crippen LogP contribution in [-0.4, -0.2) is 84.3 Å². The third-order valence-electron chi connectivity index (χ3n) is 8.81. The Hall–Kier alpha value is -3.41. The van der Waals surface area contributed by atoms with Gasteiger partial charge in [0, 0.05) is 44.5 Å². The van der Waals surface area contributed by atoms with E-state index in [4.69, 9.17) is 9.72 Å². The molecule has 2 amide bonds. The molecule has 5 rings (SSSR count). The number of piperazine rings is 1. The molecule has 2 saturated heterocycles. The summed E-state index contributed by atoms with van der Waals surface area (Å²) in [4.78, 5) is 39.5. The predicted molar refractivity (Wildman–Crippen MR) is 152 cm³/mol. The van der Waals surface area contributed by atoms with Crippen molar-refractivity contribution in [2.24, 2.45) is 5.41 Å². The lowest BCUT2D eigenvalue weighted by atomic mass is 9.83. The van der Waals surface area contributed by atoms with Crippen molar-refractivity contribution < 1.29 is 27.5 Å². The number of rotatable bonds is 9. The Kier molecular flexibility index (Phi) is 8.91. The predicted octanol–water partition coefficient (Wildman–Crippen LogP) is 4.18. The molecule has 42 heavy (non-hydrogen) atoms. The second-order valence-electron chi connectivity index (χ2n) is 11.3. The average Bonchev–Trinajstić information content (AvgIpc) is 3.48.